The summed E-state index contributed by atoms with van der Waals surface area (Å²) in [5, 5.41) is 9.69. The van der Waals surface area contributed by atoms with Crippen LogP contribution in [0.1, 0.15) is 24.1 Å². The average molecular weight is 330 g/mol. The molecule has 4 rings (SSSR count). The van der Waals surface area contributed by atoms with Gasteiger partial charge in [-0.15, -0.1) is 0 Å². The van der Waals surface area contributed by atoms with Gasteiger partial charge in [0.25, 0.3) is 0 Å². The molecule has 0 saturated heterocycles. The Hall–Kier alpha value is -2.47. The van der Waals surface area contributed by atoms with Crippen molar-refractivity contribution < 1.29 is 4.39 Å². The SMILES string of the molecule is C[C@H](c1cc2cnn(C)c2cc1F)c1cnc2ccc(Cl)nn12. The van der Waals surface area contributed by atoms with Crippen molar-refractivity contribution in [3.05, 3.63) is 58.9 Å². The normalized spacial score (nSPS) is 13.0. The molecule has 23 heavy (non-hydrogen) atoms. The molecule has 0 amide bonds. The summed E-state index contributed by atoms with van der Waals surface area (Å²) in [6.45, 7) is 1.92. The lowest BCUT2D eigenvalue weighted by atomic mass is 9.96. The Labute approximate surface area is 136 Å². The molecule has 0 aliphatic heterocycles. The zero-order valence-corrected chi connectivity index (χ0v) is 13.3. The van der Waals surface area contributed by atoms with E-state index < -0.39 is 0 Å². The lowest BCUT2D eigenvalue weighted by molar-refractivity contribution is 0.599. The van der Waals surface area contributed by atoms with Crippen molar-refractivity contribution in [3.63, 3.8) is 0 Å². The van der Waals surface area contributed by atoms with Gasteiger partial charge in [0.15, 0.2) is 5.65 Å². The highest BCUT2D eigenvalue weighted by Gasteiger charge is 2.19. The van der Waals surface area contributed by atoms with Gasteiger partial charge in [0, 0.05) is 24.4 Å². The maximum absolute atomic E-state index is 14.6. The van der Waals surface area contributed by atoms with Crippen LogP contribution in [0.3, 0.4) is 0 Å². The van der Waals surface area contributed by atoms with Crippen LogP contribution in [0.5, 0.6) is 0 Å². The molecule has 1 atom stereocenters. The van der Waals surface area contributed by atoms with Gasteiger partial charge in [0.2, 0.25) is 0 Å². The number of hydrogen-bond donors (Lipinski definition) is 0. The first-order valence-electron chi connectivity index (χ1n) is 7.16. The molecule has 0 aliphatic rings. The fourth-order valence-corrected chi connectivity index (χ4v) is 2.99. The van der Waals surface area contributed by atoms with Crippen molar-refractivity contribution in [2.24, 2.45) is 7.05 Å². The van der Waals surface area contributed by atoms with Gasteiger partial charge in [-0.1, -0.05) is 18.5 Å². The number of aryl methyl sites for hydroxylation is 1. The van der Waals surface area contributed by atoms with Crippen LogP contribution >= 0.6 is 11.6 Å². The summed E-state index contributed by atoms with van der Waals surface area (Å²) >= 11 is 5.97. The van der Waals surface area contributed by atoms with Crippen molar-refractivity contribution in [2.45, 2.75) is 12.8 Å². The van der Waals surface area contributed by atoms with E-state index in [4.69, 9.17) is 11.6 Å². The molecular formula is C16H13ClFN5. The molecule has 4 aromatic rings. The summed E-state index contributed by atoms with van der Waals surface area (Å²) in [6.07, 6.45) is 3.44. The van der Waals surface area contributed by atoms with Crippen LogP contribution in [0.25, 0.3) is 16.6 Å². The first-order chi connectivity index (χ1) is 11.0. The predicted molar refractivity (Wildman–Crippen MR) is 86.2 cm³/mol. The van der Waals surface area contributed by atoms with Crippen LogP contribution in [0.2, 0.25) is 5.15 Å². The third kappa shape index (κ3) is 2.17. The van der Waals surface area contributed by atoms with Crippen molar-refractivity contribution in [1.82, 2.24) is 24.4 Å². The fraction of sp³-hybridized carbons (Fsp3) is 0.188. The van der Waals surface area contributed by atoms with Crippen molar-refractivity contribution in [2.75, 3.05) is 0 Å². The summed E-state index contributed by atoms with van der Waals surface area (Å²) < 4.78 is 17.9. The molecule has 0 fully saturated rings. The third-order valence-corrected chi connectivity index (χ3v) is 4.33. The zero-order valence-electron chi connectivity index (χ0n) is 12.5. The summed E-state index contributed by atoms with van der Waals surface area (Å²) in [4.78, 5) is 4.31. The molecule has 5 nitrogen and oxygen atoms in total. The number of nitrogens with zero attached hydrogens (tertiary/aromatic N) is 5. The second kappa shape index (κ2) is 5.03. The van der Waals surface area contributed by atoms with Gasteiger partial charge < -0.3 is 0 Å². The minimum absolute atomic E-state index is 0.222. The van der Waals surface area contributed by atoms with Crippen LogP contribution in [0.4, 0.5) is 4.39 Å². The molecule has 0 spiro atoms. The van der Waals surface area contributed by atoms with Gasteiger partial charge >= 0.3 is 0 Å². The Morgan fingerprint density at radius 1 is 1.22 bits per heavy atom. The number of imidazole rings is 1. The number of fused-ring (bicyclic) bond motifs is 2. The molecule has 7 heteroatoms. The largest absolute Gasteiger partial charge is 0.268 e. The Kier molecular flexibility index (Phi) is 3.09. The summed E-state index contributed by atoms with van der Waals surface area (Å²) in [5.74, 6) is -0.494. The maximum Gasteiger partial charge on any atom is 0.153 e. The molecule has 0 aliphatic carbocycles. The van der Waals surface area contributed by atoms with Crippen LogP contribution < -0.4 is 0 Å². The monoisotopic (exact) mass is 329 g/mol. The second-order valence-electron chi connectivity index (χ2n) is 5.53. The third-order valence-electron chi connectivity index (χ3n) is 4.13. The van der Waals surface area contributed by atoms with Crippen LogP contribution in [0, 0.1) is 5.82 Å². The van der Waals surface area contributed by atoms with Gasteiger partial charge in [-0.3, -0.25) is 4.68 Å². The Balaban J connectivity index is 1.88. The Bertz CT molecular complexity index is 1040. The molecule has 0 unspecified atom stereocenters. The smallest absolute Gasteiger partial charge is 0.153 e. The van der Waals surface area contributed by atoms with E-state index in [-0.39, 0.29) is 11.7 Å². The second-order valence-corrected chi connectivity index (χ2v) is 5.92. The minimum atomic E-state index is -0.273. The lowest BCUT2D eigenvalue weighted by Crippen LogP contribution is -2.05. The van der Waals surface area contributed by atoms with Gasteiger partial charge in [0.1, 0.15) is 11.0 Å². The number of rotatable bonds is 2. The summed E-state index contributed by atoms with van der Waals surface area (Å²) in [6, 6.07) is 6.80. The van der Waals surface area contributed by atoms with Crippen LogP contribution in [-0.2, 0) is 7.05 Å². The van der Waals surface area contributed by atoms with Crippen molar-refractivity contribution in [3.8, 4) is 0 Å². The molecule has 116 valence electrons. The number of hydrogen-bond acceptors (Lipinski definition) is 3. The minimum Gasteiger partial charge on any atom is -0.268 e. The lowest BCUT2D eigenvalue weighted by Gasteiger charge is -2.13. The fourth-order valence-electron chi connectivity index (χ4n) is 2.85. The van der Waals surface area contributed by atoms with Crippen LogP contribution in [0.15, 0.2) is 36.7 Å². The van der Waals surface area contributed by atoms with Gasteiger partial charge in [-0.2, -0.15) is 10.2 Å². The van der Waals surface area contributed by atoms with E-state index in [0.717, 1.165) is 16.6 Å². The molecule has 0 N–H and O–H groups in total. The quantitative estimate of drug-likeness (QED) is 0.565. The molecular weight excluding hydrogens is 317 g/mol. The molecule has 3 aromatic heterocycles. The number of benzene rings is 1. The Morgan fingerprint density at radius 2 is 2.04 bits per heavy atom. The van der Waals surface area contributed by atoms with E-state index in [1.807, 2.05) is 13.0 Å². The van der Waals surface area contributed by atoms with Gasteiger partial charge in [-0.05, 0) is 23.8 Å². The molecule has 0 saturated carbocycles. The standard InChI is InChI=1S/C16H13ClFN5/c1-9(14-8-19-16-4-3-15(17)21-23(14)16)11-5-10-7-20-22(2)13(10)6-12(11)18/h3-9H,1-2H3/t9-/m1/s1. The number of halogens is 2. The van der Waals surface area contributed by atoms with E-state index in [1.165, 1.54) is 6.07 Å². The van der Waals surface area contributed by atoms with E-state index in [2.05, 4.69) is 15.2 Å². The van der Waals surface area contributed by atoms with E-state index in [0.29, 0.717) is 16.4 Å². The predicted octanol–water partition coefficient (Wildman–Crippen LogP) is 3.56. The summed E-state index contributed by atoms with van der Waals surface area (Å²) in [7, 11) is 1.79. The van der Waals surface area contributed by atoms with E-state index in [9.17, 15) is 4.39 Å². The first kappa shape index (κ1) is 14.1. The molecule has 0 radical (unpaired) electrons. The van der Waals surface area contributed by atoms with E-state index in [1.54, 1.807) is 40.8 Å². The van der Waals surface area contributed by atoms with Crippen LogP contribution in [-0.4, -0.2) is 24.4 Å². The molecule has 1 aromatic carbocycles. The highest BCUT2D eigenvalue weighted by molar-refractivity contribution is 6.29. The summed E-state index contributed by atoms with van der Waals surface area (Å²) in [5.41, 5.74) is 2.80. The van der Waals surface area contributed by atoms with Gasteiger partial charge in [-0.25, -0.2) is 13.9 Å². The molecule has 3 heterocycles. The maximum atomic E-state index is 14.6. The number of aromatic nitrogens is 5. The molecule has 0 bridgehead atoms. The highest BCUT2D eigenvalue weighted by Crippen LogP contribution is 2.30. The Morgan fingerprint density at radius 3 is 2.87 bits per heavy atom. The van der Waals surface area contributed by atoms with Gasteiger partial charge in [0.05, 0.1) is 23.6 Å². The zero-order chi connectivity index (χ0) is 16.1. The average Bonchev–Trinajstić information content (AvgIpc) is 3.10. The van der Waals surface area contributed by atoms with E-state index >= 15 is 0 Å². The topological polar surface area (TPSA) is 48.0 Å². The van der Waals surface area contributed by atoms with Crippen molar-refractivity contribution in [1.29, 1.82) is 0 Å². The van der Waals surface area contributed by atoms with Crippen molar-refractivity contribution >= 4 is 28.2 Å². The highest BCUT2D eigenvalue weighted by atomic mass is 35.5. The first-order valence-corrected chi connectivity index (χ1v) is 7.54.